The molecular weight excluding hydrogens is 447 g/mol. The van der Waals surface area contributed by atoms with Crippen molar-refractivity contribution >= 4 is 17.7 Å². The molecule has 0 radical (unpaired) electrons. The minimum atomic E-state index is -0.423. The second kappa shape index (κ2) is 11.2. The minimum absolute atomic E-state index is 0.0689. The third kappa shape index (κ3) is 6.02. The zero-order valence-electron chi connectivity index (χ0n) is 18.2. The van der Waals surface area contributed by atoms with E-state index < -0.39 is 5.82 Å². The Bertz CT molecular complexity index is 1070. The van der Waals surface area contributed by atoms with Crippen LogP contribution < -0.4 is 14.8 Å². The molecule has 1 saturated heterocycles. The zero-order chi connectivity index (χ0) is 23.0. The predicted octanol–water partition coefficient (Wildman–Crippen LogP) is 3.38. The van der Waals surface area contributed by atoms with Crippen LogP contribution in [0.1, 0.15) is 18.7 Å². The van der Waals surface area contributed by atoms with Gasteiger partial charge in [0, 0.05) is 13.2 Å². The molecule has 2 aromatic carbocycles. The summed E-state index contributed by atoms with van der Waals surface area (Å²) < 4.78 is 32.7. The summed E-state index contributed by atoms with van der Waals surface area (Å²) >= 11 is 1.19. The molecule has 0 spiro atoms. The number of benzene rings is 2. The number of amides is 1. The first-order valence-corrected chi connectivity index (χ1v) is 11.6. The molecule has 1 unspecified atom stereocenters. The van der Waals surface area contributed by atoms with Crippen LogP contribution in [-0.2, 0) is 16.1 Å². The Hall–Kier alpha value is -3.11. The lowest BCUT2D eigenvalue weighted by atomic mass is 10.2. The van der Waals surface area contributed by atoms with Crippen molar-refractivity contribution in [2.75, 3.05) is 26.0 Å². The number of hydrogen-bond acceptors (Lipinski definition) is 7. The molecule has 33 heavy (non-hydrogen) atoms. The van der Waals surface area contributed by atoms with E-state index in [9.17, 15) is 9.18 Å². The third-order valence-corrected chi connectivity index (χ3v) is 6.03. The molecule has 1 aliphatic rings. The van der Waals surface area contributed by atoms with Crippen LogP contribution in [0.2, 0.25) is 0 Å². The fourth-order valence-corrected chi connectivity index (χ4v) is 4.19. The van der Waals surface area contributed by atoms with Gasteiger partial charge in [-0.05, 0) is 49.2 Å². The number of hydrogen-bond donors (Lipinski definition) is 1. The number of carbonyl (C=O) groups excluding carboxylic acids is 1. The molecular formula is C23H25FN4O4S. The lowest BCUT2D eigenvalue weighted by molar-refractivity contribution is -0.119. The standard InChI is InChI=1S/C23H25FN4O4S/c1-30-16-8-10-17(11-9-16)32-14-21-26-27-23(28(21)20-7-3-2-6-19(20)24)33-15-22(29)25-13-18-5-4-12-31-18/h2-3,6-11,18H,4-5,12-15H2,1H3,(H,25,29). The molecule has 4 rings (SSSR count). The normalized spacial score (nSPS) is 15.4. The largest absolute Gasteiger partial charge is 0.497 e. The van der Waals surface area contributed by atoms with Crippen molar-refractivity contribution in [2.45, 2.75) is 30.7 Å². The first-order chi connectivity index (χ1) is 16.1. The highest BCUT2D eigenvalue weighted by molar-refractivity contribution is 7.99. The lowest BCUT2D eigenvalue weighted by Gasteiger charge is -2.13. The Kier molecular flexibility index (Phi) is 7.79. The highest BCUT2D eigenvalue weighted by Gasteiger charge is 2.20. The van der Waals surface area contributed by atoms with E-state index in [2.05, 4.69) is 15.5 Å². The molecule has 174 valence electrons. The summed E-state index contributed by atoms with van der Waals surface area (Å²) in [6.07, 6.45) is 2.04. The lowest BCUT2D eigenvalue weighted by Crippen LogP contribution is -2.32. The van der Waals surface area contributed by atoms with Crippen LogP contribution >= 0.6 is 11.8 Å². The second-order valence-corrected chi connectivity index (χ2v) is 8.32. The monoisotopic (exact) mass is 472 g/mol. The molecule has 1 aliphatic heterocycles. The van der Waals surface area contributed by atoms with Crippen molar-refractivity contribution in [3.63, 3.8) is 0 Å². The maximum atomic E-state index is 14.6. The number of rotatable bonds is 10. The van der Waals surface area contributed by atoms with Gasteiger partial charge in [-0.25, -0.2) is 4.39 Å². The molecule has 1 atom stereocenters. The summed E-state index contributed by atoms with van der Waals surface area (Å²) in [7, 11) is 1.59. The van der Waals surface area contributed by atoms with E-state index in [0.717, 1.165) is 19.4 Å². The number of ether oxygens (including phenoxy) is 3. The van der Waals surface area contributed by atoms with Gasteiger partial charge in [0.15, 0.2) is 11.0 Å². The van der Waals surface area contributed by atoms with Crippen LogP contribution in [0.3, 0.4) is 0 Å². The van der Waals surface area contributed by atoms with Gasteiger partial charge in [-0.2, -0.15) is 0 Å². The highest BCUT2D eigenvalue weighted by atomic mass is 32.2. The summed E-state index contributed by atoms with van der Waals surface area (Å²) in [5, 5.41) is 11.7. The van der Waals surface area contributed by atoms with Gasteiger partial charge in [0.1, 0.15) is 23.9 Å². The van der Waals surface area contributed by atoms with E-state index in [1.807, 2.05) is 0 Å². The number of para-hydroxylation sites is 1. The number of methoxy groups -OCH3 is 1. The van der Waals surface area contributed by atoms with Crippen molar-refractivity contribution < 1.29 is 23.4 Å². The maximum absolute atomic E-state index is 14.6. The molecule has 0 saturated carbocycles. The van der Waals surface area contributed by atoms with Crippen LogP contribution in [0, 0.1) is 5.82 Å². The Morgan fingerprint density at radius 1 is 1.21 bits per heavy atom. The van der Waals surface area contributed by atoms with Gasteiger partial charge < -0.3 is 19.5 Å². The highest BCUT2D eigenvalue weighted by Crippen LogP contribution is 2.25. The van der Waals surface area contributed by atoms with Gasteiger partial charge in [-0.15, -0.1) is 10.2 Å². The van der Waals surface area contributed by atoms with Crippen LogP contribution in [0.5, 0.6) is 11.5 Å². The van der Waals surface area contributed by atoms with Gasteiger partial charge in [-0.3, -0.25) is 9.36 Å². The fraction of sp³-hybridized carbons (Fsp3) is 0.348. The summed E-state index contributed by atoms with van der Waals surface area (Å²) in [4.78, 5) is 12.3. The van der Waals surface area contributed by atoms with Crippen LogP contribution in [0.15, 0.2) is 53.7 Å². The van der Waals surface area contributed by atoms with E-state index in [0.29, 0.717) is 29.0 Å². The number of halogens is 1. The molecule has 1 amide bonds. The van der Waals surface area contributed by atoms with E-state index in [4.69, 9.17) is 14.2 Å². The number of carbonyl (C=O) groups is 1. The number of aromatic nitrogens is 3. The Labute approximate surface area is 195 Å². The summed E-state index contributed by atoms with van der Waals surface area (Å²) in [5.41, 5.74) is 0.290. The van der Waals surface area contributed by atoms with Crippen molar-refractivity contribution in [1.29, 1.82) is 0 Å². The van der Waals surface area contributed by atoms with E-state index in [1.54, 1.807) is 54.1 Å². The van der Waals surface area contributed by atoms with Crippen molar-refractivity contribution in [3.8, 4) is 17.2 Å². The van der Waals surface area contributed by atoms with E-state index in [-0.39, 0.29) is 30.1 Å². The average molecular weight is 473 g/mol. The first-order valence-electron chi connectivity index (χ1n) is 10.6. The maximum Gasteiger partial charge on any atom is 0.230 e. The predicted molar refractivity (Wildman–Crippen MR) is 121 cm³/mol. The number of nitrogens with zero attached hydrogens (tertiary/aromatic N) is 3. The third-order valence-electron chi connectivity index (χ3n) is 5.10. The van der Waals surface area contributed by atoms with Crippen molar-refractivity contribution in [3.05, 3.63) is 60.2 Å². The van der Waals surface area contributed by atoms with Gasteiger partial charge in [0.25, 0.3) is 0 Å². The Morgan fingerprint density at radius 3 is 2.73 bits per heavy atom. The molecule has 1 fully saturated rings. The summed E-state index contributed by atoms with van der Waals surface area (Å²) in [6.45, 7) is 1.29. The summed E-state index contributed by atoms with van der Waals surface area (Å²) in [5.74, 6) is 1.30. The van der Waals surface area contributed by atoms with E-state index in [1.165, 1.54) is 17.8 Å². The summed E-state index contributed by atoms with van der Waals surface area (Å²) in [6, 6.07) is 13.5. The Morgan fingerprint density at radius 2 is 2.00 bits per heavy atom. The quantitative estimate of drug-likeness (QED) is 0.453. The molecule has 2 heterocycles. The van der Waals surface area contributed by atoms with Crippen molar-refractivity contribution in [2.24, 2.45) is 0 Å². The number of nitrogens with one attached hydrogen (secondary N) is 1. The van der Waals surface area contributed by atoms with Gasteiger partial charge >= 0.3 is 0 Å². The zero-order valence-corrected chi connectivity index (χ0v) is 19.0. The molecule has 1 N–H and O–H groups in total. The van der Waals surface area contributed by atoms with Crippen LogP contribution in [0.25, 0.3) is 5.69 Å². The molecule has 3 aromatic rings. The average Bonchev–Trinajstić information content (AvgIpc) is 3.51. The van der Waals surface area contributed by atoms with Crippen LogP contribution in [0.4, 0.5) is 4.39 Å². The molecule has 1 aromatic heterocycles. The second-order valence-electron chi connectivity index (χ2n) is 7.38. The van der Waals surface area contributed by atoms with Gasteiger partial charge in [-0.1, -0.05) is 23.9 Å². The fourth-order valence-electron chi connectivity index (χ4n) is 3.40. The Balaban J connectivity index is 1.46. The SMILES string of the molecule is COc1ccc(OCc2nnc(SCC(=O)NCC3CCCO3)n2-c2ccccc2F)cc1. The van der Waals surface area contributed by atoms with Crippen LogP contribution in [-0.4, -0.2) is 52.8 Å². The van der Waals surface area contributed by atoms with Gasteiger partial charge in [0.05, 0.1) is 24.7 Å². The topological polar surface area (TPSA) is 87.5 Å². The first kappa shape index (κ1) is 23.1. The molecule has 0 aliphatic carbocycles. The molecule has 8 nitrogen and oxygen atoms in total. The van der Waals surface area contributed by atoms with Gasteiger partial charge in [0.2, 0.25) is 5.91 Å². The smallest absolute Gasteiger partial charge is 0.230 e. The van der Waals surface area contributed by atoms with Crippen molar-refractivity contribution in [1.82, 2.24) is 20.1 Å². The molecule has 0 bridgehead atoms. The number of thioether (sulfide) groups is 1. The van der Waals surface area contributed by atoms with E-state index >= 15 is 0 Å². The minimum Gasteiger partial charge on any atom is -0.497 e. The molecule has 10 heteroatoms.